The van der Waals surface area contributed by atoms with Crippen molar-refractivity contribution in [3.05, 3.63) is 94.3 Å². The fourth-order valence-electron chi connectivity index (χ4n) is 2.85. The molecule has 0 atom stereocenters. The lowest BCUT2D eigenvalue weighted by Gasteiger charge is -2.14. The predicted octanol–water partition coefficient (Wildman–Crippen LogP) is 4.08. The molecular weight excluding hydrogens is 426 g/mol. The topological polar surface area (TPSA) is 95.5 Å². The number of guanidine groups is 1. The van der Waals surface area contributed by atoms with Gasteiger partial charge in [-0.15, -0.1) is 0 Å². The summed E-state index contributed by atoms with van der Waals surface area (Å²) in [7, 11) is 0. The Morgan fingerprint density at radius 3 is 2.50 bits per heavy atom. The minimum absolute atomic E-state index is 0.107. The molecule has 2 aromatic carbocycles. The van der Waals surface area contributed by atoms with E-state index in [9.17, 15) is 9.59 Å². The number of aliphatic imine (C=N–C) groups is 1. The third-order valence-corrected chi connectivity index (χ3v) is 4.81. The second-order valence-corrected chi connectivity index (χ2v) is 7.61. The number of halogens is 1. The number of nitrogens with zero attached hydrogens (tertiary/aromatic N) is 2. The number of hydrogen-bond donors (Lipinski definition) is 3. The van der Waals surface area contributed by atoms with E-state index in [1.165, 1.54) is 6.92 Å². The molecule has 0 unspecified atom stereocenters. The number of aromatic nitrogens is 1. The zero-order valence-electron chi connectivity index (χ0n) is 17.9. The Hall–Kier alpha value is -3.71. The average Bonchev–Trinajstić information content (AvgIpc) is 2.78. The zero-order valence-corrected chi connectivity index (χ0v) is 18.6. The van der Waals surface area contributed by atoms with E-state index in [2.05, 4.69) is 25.9 Å². The summed E-state index contributed by atoms with van der Waals surface area (Å²) in [6.07, 6.45) is 3.42. The smallest absolute Gasteiger partial charge is 0.257 e. The highest BCUT2D eigenvalue weighted by Gasteiger charge is 2.11. The van der Waals surface area contributed by atoms with Gasteiger partial charge in [-0.3, -0.25) is 19.9 Å². The third-order valence-electron chi connectivity index (χ3n) is 4.57. The number of benzene rings is 2. The first kappa shape index (κ1) is 23.0. The normalized spacial score (nSPS) is 11.0. The number of carbonyl (C=O) groups is 2. The van der Waals surface area contributed by atoms with Crippen LogP contribution < -0.4 is 16.0 Å². The van der Waals surface area contributed by atoms with Gasteiger partial charge in [0.2, 0.25) is 11.9 Å². The van der Waals surface area contributed by atoms with Crippen molar-refractivity contribution in [3.63, 3.8) is 0 Å². The highest BCUT2D eigenvalue weighted by molar-refractivity contribution is 6.30. The number of aryl methyl sites for hydroxylation is 1. The number of carbonyl (C=O) groups excluding carboxylic acids is 2. The summed E-state index contributed by atoms with van der Waals surface area (Å²) in [5.74, 6) is -0.100. The van der Waals surface area contributed by atoms with Gasteiger partial charge in [0.25, 0.3) is 5.91 Å². The van der Waals surface area contributed by atoms with Crippen LogP contribution in [0.15, 0.2) is 72.0 Å². The van der Waals surface area contributed by atoms with Crippen LogP contribution in [0.1, 0.15) is 34.0 Å². The quantitative estimate of drug-likeness (QED) is 0.390. The molecule has 0 aliphatic heterocycles. The van der Waals surface area contributed by atoms with Gasteiger partial charge in [0.15, 0.2) is 0 Å². The molecule has 0 saturated heterocycles. The molecule has 0 bridgehead atoms. The van der Waals surface area contributed by atoms with Crippen molar-refractivity contribution in [1.82, 2.24) is 15.6 Å². The maximum atomic E-state index is 12.8. The molecular formula is C24H24ClN5O2. The molecule has 0 fully saturated rings. The number of nitrogens with one attached hydrogen (secondary N) is 3. The van der Waals surface area contributed by atoms with Crippen molar-refractivity contribution in [2.45, 2.75) is 26.9 Å². The van der Waals surface area contributed by atoms with Crippen LogP contribution in [0.3, 0.4) is 0 Å². The van der Waals surface area contributed by atoms with Crippen LogP contribution in [-0.4, -0.2) is 22.8 Å². The van der Waals surface area contributed by atoms with Crippen molar-refractivity contribution in [1.29, 1.82) is 0 Å². The van der Waals surface area contributed by atoms with Gasteiger partial charge >= 0.3 is 0 Å². The Bertz CT molecular complexity index is 1110. The monoisotopic (exact) mass is 449 g/mol. The van der Waals surface area contributed by atoms with Gasteiger partial charge in [0.05, 0.1) is 6.54 Å². The summed E-state index contributed by atoms with van der Waals surface area (Å²) in [5, 5.41) is 9.38. The van der Waals surface area contributed by atoms with Gasteiger partial charge in [-0.25, -0.2) is 4.99 Å². The highest BCUT2D eigenvalue weighted by atomic mass is 35.5. The van der Waals surface area contributed by atoms with Gasteiger partial charge in [0, 0.05) is 42.1 Å². The van der Waals surface area contributed by atoms with Crippen LogP contribution in [0.5, 0.6) is 0 Å². The summed E-state index contributed by atoms with van der Waals surface area (Å²) in [4.78, 5) is 32.5. The molecule has 164 valence electrons. The molecule has 0 aliphatic rings. The average molecular weight is 450 g/mol. The number of pyridine rings is 1. The Kier molecular flexibility index (Phi) is 7.94. The van der Waals surface area contributed by atoms with E-state index in [4.69, 9.17) is 11.6 Å². The van der Waals surface area contributed by atoms with Crippen molar-refractivity contribution in [3.8, 4) is 0 Å². The summed E-state index contributed by atoms with van der Waals surface area (Å²) in [6, 6.07) is 16.2. The van der Waals surface area contributed by atoms with E-state index >= 15 is 0 Å². The molecule has 7 nitrogen and oxygen atoms in total. The van der Waals surface area contributed by atoms with Gasteiger partial charge < -0.3 is 10.6 Å². The van der Waals surface area contributed by atoms with Crippen molar-refractivity contribution in [2.75, 3.05) is 5.32 Å². The third kappa shape index (κ3) is 6.92. The van der Waals surface area contributed by atoms with E-state index in [0.29, 0.717) is 29.6 Å². The maximum Gasteiger partial charge on any atom is 0.257 e. The highest BCUT2D eigenvalue weighted by Crippen LogP contribution is 2.19. The fourth-order valence-corrected chi connectivity index (χ4v) is 3.07. The van der Waals surface area contributed by atoms with E-state index in [1.807, 2.05) is 31.2 Å². The minimum Gasteiger partial charge on any atom is -0.352 e. The van der Waals surface area contributed by atoms with Crippen molar-refractivity contribution in [2.24, 2.45) is 4.99 Å². The first-order valence-corrected chi connectivity index (χ1v) is 10.4. The molecule has 0 saturated carbocycles. The molecule has 2 amide bonds. The molecule has 3 aromatic rings. The summed E-state index contributed by atoms with van der Waals surface area (Å²) in [6.45, 7) is 4.14. The largest absolute Gasteiger partial charge is 0.352 e. The number of anilines is 1. The van der Waals surface area contributed by atoms with Gasteiger partial charge in [0.1, 0.15) is 0 Å². The first-order valence-electron chi connectivity index (χ1n) is 10.0. The Morgan fingerprint density at radius 2 is 1.84 bits per heavy atom. The Labute approximate surface area is 191 Å². The Morgan fingerprint density at radius 1 is 1.06 bits per heavy atom. The van der Waals surface area contributed by atoms with Gasteiger partial charge in [-0.2, -0.15) is 0 Å². The lowest BCUT2D eigenvalue weighted by molar-refractivity contribution is -0.119. The predicted molar refractivity (Wildman–Crippen MR) is 127 cm³/mol. The Balaban J connectivity index is 1.76. The van der Waals surface area contributed by atoms with Crippen LogP contribution in [0.4, 0.5) is 5.69 Å². The standard InChI is InChI=1S/C24H24ClN5O2/c1-16-12-21(25)9-10-22(16)29-24(28-15-19-4-3-11-26-13-19)30-23(32)20-7-5-18(6-8-20)14-27-17(2)31/h3-13H,14-15H2,1-2H3,(H,27,31)(H2,28,29,30,32). The van der Waals surface area contributed by atoms with E-state index in [0.717, 1.165) is 22.4 Å². The van der Waals surface area contributed by atoms with Crippen LogP contribution in [0.2, 0.25) is 5.02 Å². The molecule has 8 heteroatoms. The number of amides is 2. The second-order valence-electron chi connectivity index (χ2n) is 7.17. The molecule has 1 heterocycles. The maximum absolute atomic E-state index is 12.8. The SMILES string of the molecule is CC(=O)NCc1ccc(C(=O)NC(=NCc2cccnc2)Nc2ccc(Cl)cc2C)cc1. The minimum atomic E-state index is -0.305. The van der Waals surface area contributed by atoms with Gasteiger partial charge in [-0.05, 0) is 60.0 Å². The molecule has 32 heavy (non-hydrogen) atoms. The molecule has 0 aliphatic carbocycles. The van der Waals surface area contributed by atoms with E-state index in [1.54, 1.807) is 42.7 Å². The van der Waals surface area contributed by atoms with E-state index in [-0.39, 0.29) is 11.8 Å². The molecule has 1 aromatic heterocycles. The summed E-state index contributed by atoms with van der Waals surface area (Å²) in [5.41, 5.74) is 3.99. The molecule has 3 rings (SSSR count). The number of hydrogen-bond acceptors (Lipinski definition) is 4. The van der Waals surface area contributed by atoms with Crippen molar-refractivity contribution >= 4 is 35.1 Å². The first-order chi connectivity index (χ1) is 15.4. The van der Waals surface area contributed by atoms with Crippen LogP contribution in [-0.2, 0) is 17.9 Å². The molecule has 3 N–H and O–H groups in total. The lowest BCUT2D eigenvalue weighted by atomic mass is 10.1. The summed E-state index contributed by atoms with van der Waals surface area (Å²) >= 11 is 6.05. The molecule has 0 spiro atoms. The lowest BCUT2D eigenvalue weighted by Crippen LogP contribution is -2.36. The van der Waals surface area contributed by atoms with Crippen LogP contribution >= 0.6 is 11.6 Å². The van der Waals surface area contributed by atoms with Crippen LogP contribution in [0, 0.1) is 6.92 Å². The van der Waals surface area contributed by atoms with E-state index < -0.39 is 0 Å². The van der Waals surface area contributed by atoms with Gasteiger partial charge in [-0.1, -0.05) is 29.8 Å². The second kappa shape index (κ2) is 11.1. The van der Waals surface area contributed by atoms with Crippen molar-refractivity contribution < 1.29 is 9.59 Å². The molecule has 0 radical (unpaired) electrons. The summed E-state index contributed by atoms with van der Waals surface area (Å²) < 4.78 is 0. The fraction of sp³-hybridized carbons (Fsp3) is 0.167. The number of rotatable bonds is 6. The van der Waals surface area contributed by atoms with Crippen LogP contribution in [0.25, 0.3) is 0 Å². The zero-order chi connectivity index (χ0) is 22.9.